The smallest absolute Gasteiger partial charge is 0.237 e. The monoisotopic (exact) mass is 244 g/mol. The second kappa shape index (κ2) is 5.83. The molecule has 0 radical (unpaired) electrons. The predicted molar refractivity (Wildman–Crippen MR) is 70.5 cm³/mol. The standard InChI is InChI=1S/C13H28N2O2/c1-12(2,3)7-9(16)8-15-11(17)10(14)13(4,5)6/h9-10,16H,7-8,14H2,1-6H3,(H,15,17)/t9?,10-/m0/s1. The van der Waals surface area contributed by atoms with Crippen LogP contribution < -0.4 is 11.1 Å². The quantitative estimate of drug-likeness (QED) is 0.697. The summed E-state index contributed by atoms with van der Waals surface area (Å²) in [6.07, 6.45) is 0.129. The Morgan fingerprint density at radius 3 is 2.06 bits per heavy atom. The van der Waals surface area contributed by atoms with E-state index in [4.69, 9.17) is 5.73 Å². The van der Waals surface area contributed by atoms with E-state index in [1.165, 1.54) is 0 Å². The molecule has 1 amide bonds. The lowest BCUT2D eigenvalue weighted by Gasteiger charge is -2.27. The Bertz CT molecular complexity index is 251. The number of aliphatic hydroxyl groups excluding tert-OH is 1. The van der Waals surface area contributed by atoms with E-state index in [9.17, 15) is 9.90 Å². The van der Waals surface area contributed by atoms with Crippen molar-refractivity contribution in [3.8, 4) is 0 Å². The molecular formula is C13H28N2O2. The van der Waals surface area contributed by atoms with Gasteiger partial charge in [-0.25, -0.2) is 0 Å². The van der Waals surface area contributed by atoms with Crippen LogP contribution in [-0.2, 0) is 4.79 Å². The molecule has 0 saturated carbocycles. The number of aliphatic hydroxyl groups is 1. The highest BCUT2D eigenvalue weighted by atomic mass is 16.3. The van der Waals surface area contributed by atoms with Gasteiger partial charge >= 0.3 is 0 Å². The molecule has 0 rings (SSSR count). The summed E-state index contributed by atoms with van der Waals surface area (Å²) in [7, 11) is 0. The van der Waals surface area contributed by atoms with E-state index < -0.39 is 12.1 Å². The van der Waals surface area contributed by atoms with Crippen molar-refractivity contribution in [1.82, 2.24) is 5.32 Å². The summed E-state index contributed by atoms with van der Waals surface area (Å²) in [6.45, 7) is 12.2. The van der Waals surface area contributed by atoms with E-state index in [1.807, 2.05) is 20.8 Å². The van der Waals surface area contributed by atoms with Gasteiger partial charge in [-0.3, -0.25) is 4.79 Å². The third-order valence-corrected chi connectivity index (χ3v) is 2.58. The molecule has 0 aromatic carbocycles. The minimum Gasteiger partial charge on any atom is -0.391 e. The molecule has 4 N–H and O–H groups in total. The number of nitrogens with two attached hydrogens (primary N) is 1. The first-order valence-electron chi connectivity index (χ1n) is 6.15. The molecule has 0 aliphatic carbocycles. The van der Waals surface area contributed by atoms with Crippen molar-refractivity contribution in [3.05, 3.63) is 0 Å². The fourth-order valence-electron chi connectivity index (χ4n) is 1.50. The largest absolute Gasteiger partial charge is 0.391 e. The summed E-state index contributed by atoms with van der Waals surface area (Å²) in [5, 5.41) is 12.5. The van der Waals surface area contributed by atoms with E-state index in [1.54, 1.807) is 0 Å². The van der Waals surface area contributed by atoms with Crippen LogP contribution in [0.2, 0.25) is 0 Å². The summed E-state index contributed by atoms with van der Waals surface area (Å²) in [6, 6.07) is -0.552. The highest BCUT2D eigenvalue weighted by Gasteiger charge is 2.27. The SMILES string of the molecule is CC(C)(C)CC(O)CNC(=O)[C@H](N)C(C)(C)C. The molecule has 0 heterocycles. The second-order valence-corrected chi connectivity index (χ2v) is 7.01. The van der Waals surface area contributed by atoms with Gasteiger partial charge in [-0.05, 0) is 17.3 Å². The molecule has 0 aromatic rings. The maximum absolute atomic E-state index is 11.7. The van der Waals surface area contributed by atoms with Crippen LogP contribution in [0, 0.1) is 10.8 Å². The minimum atomic E-state index is -0.552. The van der Waals surface area contributed by atoms with Crippen LogP contribution in [0.3, 0.4) is 0 Å². The normalized spacial score (nSPS) is 16.5. The summed E-state index contributed by atoms with van der Waals surface area (Å²) < 4.78 is 0. The molecule has 2 atom stereocenters. The van der Waals surface area contributed by atoms with E-state index in [0.29, 0.717) is 6.42 Å². The van der Waals surface area contributed by atoms with Gasteiger partial charge in [-0.15, -0.1) is 0 Å². The zero-order chi connectivity index (χ0) is 13.9. The van der Waals surface area contributed by atoms with Crippen LogP contribution in [0.4, 0.5) is 0 Å². The number of nitrogens with one attached hydrogen (secondary N) is 1. The zero-order valence-corrected chi connectivity index (χ0v) is 12.0. The maximum atomic E-state index is 11.7. The number of hydrogen-bond acceptors (Lipinski definition) is 3. The van der Waals surface area contributed by atoms with Gasteiger partial charge in [0.05, 0.1) is 12.1 Å². The van der Waals surface area contributed by atoms with Gasteiger partial charge in [-0.1, -0.05) is 41.5 Å². The van der Waals surface area contributed by atoms with Crippen LogP contribution >= 0.6 is 0 Å². The Balaban J connectivity index is 4.09. The summed E-state index contributed by atoms with van der Waals surface area (Å²) in [5.41, 5.74) is 5.60. The van der Waals surface area contributed by atoms with E-state index in [2.05, 4.69) is 26.1 Å². The molecule has 4 nitrogen and oxygen atoms in total. The highest BCUT2D eigenvalue weighted by molar-refractivity contribution is 5.82. The van der Waals surface area contributed by atoms with Crippen LogP contribution in [0.25, 0.3) is 0 Å². The fraction of sp³-hybridized carbons (Fsp3) is 0.923. The number of carbonyl (C=O) groups excluding carboxylic acids is 1. The average Bonchev–Trinajstić information content (AvgIpc) is 2.08. The van der Waals surface area contributed by atoms with E-state index in [0.717, 1.165) is 0 Å². The van der Waals surface area contributed by atoms with Crippen molar-refractivity contribution in [2.24, 2.45) is 16.6 Å². The van der Waals surface area contributed by atoms with Gasteiger partial charge in [0.15, 0.2) is 0 Å². The van der Waals surface area contributed by atoms with E-state index in [-0.39, 0.29) is 23.3 Å². The lowest BCUT2D eigenvalue weighted by molar-refractivity contribution is -0.125. The van der Waals surface area contributed by atoms with Crippen LogP contribution in [-0.4, -0.2) is 29.7 Å². The van der Waals surface area contributed by atoms with Crippen molar-refractivity contribution >= 4 is 5.91 Å². The second-order valence-electron chi connectivity index (χ2n) is 7.01. The third kappa shape index (κ3) is 7.34. The van der Waals surface area contributed by atoms with Crippen molar-refractivity contribution in [3.63, 3.8) is 0 Å². The van der Waals surface area contributed by atoms with Crippen LogP contribution in [0.5, 0.6) is 0 Å². The van der Waals surface area contributed by atoms with Gasteiger partial charge in [0, 0.05) is 6.54 Å². The van der Waals surface area contributed by atoms with E-state index >= 15 is 0 Å². The molecule has 0 aromatic heterocycles. The van der Waals surface area contributed by atoms with Gasteiger partial charge < -0.3 is 16.2 Å². The van der Waals surface area contributed by atoms with Gasteiger partial charge in [0.2, 0.25) is 5.91 Å². The van der Waals surface area contributed by atoms with Gasteiger partial charge in [0.25, 0.3) is 0 Å². The van der Waals surface area contributed by atoms with Crippen molar-refractivity contribution < 1.29 is 9.90 Å². The first kappa shape index (κ1) is 16.4. The Labute approximate surface area is 105 Å². The number of rotatable bonds is 4. The average molecular weight is 244 g/mol. The molecule has 4 heteroatoms. The Morgan fingerprint density at radius 1 is 1.24 bits per heavy atom. The molecule has 0 aliphatic rings. The molecule has 102 valence electrons. The maximum Gasteiger partial charge on any atom is 0.237 e. The van der Waals surface area contributed by atoms with Crippen molar-refractivity contribution in [2.75, 3.05) is 6.54 Å². The zero-order valence-electron chi connectivity index (χ0n) is 12.0. The van der Waals surface area contributed by atoms with Gasteiger partial charge in [-0.2, -0.15) is 0 Å². The Hall–Kier alpha value is -0.610. The molecule has 0 aliphatic heterocycles. The van der Waals surface area contributed by atoms with Gasteiger partial charge in [0.1, 0.15) is 0 Å². The summed E-state index contributed by atoms with van der Waals surface area (Å²) >= 11 is 0. The first-order chi connectivity index (χ1) is 7.43. The topological polar surface area (TPSA) is 75.3 Å². The lowest BCUT2D eigenvalue weighted by Crippen LogP contribution is -2.50. The fourth-order valence-corrected chi connectivity index (χ4v) is 1.50. The third-order valence-electron chi connectivity index (χ3n) is 2.58. The predicted octanol–water partition coefficient (Wildman–Crippen LogP) is 1.27. The molecule has 17 heavy (non-hydrogen) atoms. The first-order valence-corrected chi connectivity index (χ1v) is 6.15. The molecule has 1 unspecified atom stereocenters. The highest BCUT2D eigenvalue weighted by Crippen LogP contribution is 2.20. The summed E-state index contributed by atoms with van der Waals surface area (Å²) in [4.78, 5) is 11.7. The molecule has 0 fully saturated rings. The van der Waals surface area contributed by atoms with Crippen molar-refractivity contribution in [1.29, 1.82) is 0 Å². The minimum absolute atomic E-state index is 0.0519. The van der Waals surface area contributed by atoms with Crippen LogP contribution in [0.1, 0.15) is 48.0 Å². The number of amides is 1. The molecule has 0 spiro atoms. The van der Waals surface area contributed by atoms with Crippen molar-refractivity contribution in [2.45, 2.75) is 60.1 Å². The molecule has 0 bridgehead atoms. The van der Waals surface area contributed by atoms with Crippen LogP contribution in [0.15, 0.2) is 0 Å². The number of hydrogen-bond donors (Lipinski definition) is 3. The lowest BCUT2D eigenvalue weighted by atomic mass is 9.86. The molecule has 0 saturated heterocycles. The summed E-state index contributed by atoms with van der Waals surface area (Å²) in [5.74, 6) is -0.203. The Kier molecular flexibility index (Phi) is 5.62. The Morgan fingerprint density at radius 2 is 1.71 bits per heavy atom. The number of carbonyl (C=O) groups is 1. The molecular weight excluding hydrogens is 216 g/mol.